The highest BCUT2D eigenvalue weighted by Crippen LogP contribution is 2.33. The van der Waals surface area contributed by atoms with Crippen molar-refractivity contribution in [1.82, 2.24) is 10.2 Å². The molecular formula is C14H15BrN2O4. The van der Waals surface area contributed by atoms with E-state index in [0.717, 1.165) is 4.90 Å². The number of hydrogen-bond donors (Lipinski definition) is 2. The lowest BCUT2D eigenvalue weighted by molar-refractivity contribution is -0.122. The summed E-state index contributed by atoms with van der Waals surface area (Å²) >= 11 is 3.30. The maximum Gasteiger partial charge on any atom is 0.329 e. The van der Waals surface area contributed by atoms with Crippen molar-refractivity contribution in [3.63, 3.8) is 0 Å². The highest BCUT2D eigenvalue weighted by atomic mass is 79.9. The molecule has 2 N–H and O–H groups in total. The van der Waals surface area contributed by atoms with Crippen molar-refractivity contribution in [2.24, 2.45) is 0 Å². The van der Waals surface area contributed by atoms with Crippen LogP contribution in [0.5, 0.6) is 11.5 Å². The van der Waals surface area contributed by atoms with Crippen LogP contribution >= 0.6 is 15.9 Å². The van der Waals surface area contributed by atoms with Crippen LogP contribution in [0.4, 0.5) is 4.79 Å². The monoisotopic (exact) mass is 354 g/mol. The molecule has 1 fully saturated rings. The number of phenols is 1. The maximum absolute atomic E-state index is 12.1. The summed E-state index contributed by atoms with van der Waals surface area (Å²) in [4.78, 5) is 25.0. The van der Waals surface area contributed by atoms with Gasteiger partial charge in [-0.25, -0.2) is 4.79 Å². The molecule has 1 aliphatic rings. The van der Waals surface area contributed by atoms with E-state index in [-0.39, 0.29) is 23.1 Å². The fourth-order valence-corrected chi connectivity index (χ4v) is 2.43. The molecule has 0 aliphatic carbocycles. The number of phenolic OH excluding ortho intramolecular Hbond substituents is 1. The van der Waals surface area contributed by atoms with Crippen LogP contribution in [0, 0.1) is 0 Å². The standard InChI is InChI=1S/C14H15BrN2O4/c1-3-4-17-13(19)10(16-14(17)20)5-8-6-12(21-2)11(18)7-9(8)15/h5-7,18H,3-4H2,1-2H3,(H,16,20)/b10-5+. The van der Waals surface area contributed by atoms with Crippen LogP contribution in [0.3, 0.4) is 0 Å². The second kappa shape index (κ2) is 6.17. The summed E-state index contributed by atoms with van der Waals surface area (Å²) < 4.78 is 5.62. The lowest BCUT2D eigenvalue weighted by Gasteiger charge is -2.09. The zero-order valence-electron chi connectivity index (χ0n) is 11.6. The third-order valence-corrected chi connectivity index (χ3v) is 3.69. The Morgan fingerprint density at radius 1 is 1.43 bits per heavy atom. The van der Waals surface area contributed by atoms with Crippen molar-refractivity contribution in [2.45, 2.75) is 13.3 Å². The highest BCUT2D eigenvalue weighted by Gasteiger charge is 2.32. The van der Waals surface area contributed by atoms with Gasteiger partial charge in [0.2, 0.25) is 0 Å². The van der Waals surface area contributed by atoms with Gasteiger partial charge in [-0.1, -0.05) is 22.9 Å². The van der Waals surface area contributed by atoms with Crippen LogP contribution < -0.4 is 10.1 Å². The molecule has 0 unspecified atom stereocenters. The smallest absolute Gasteiger partial charge is 0.329 e. The number of aromatic hydroxyl groups is 1. The van der Waals surface area contributed by atoms with Gasteiger partial charge in [0.25, 0.3) is 5.91 Å². The Labute approximate surface area is 130 Å². The third kappa shape index (κ3) is 3.02. The van der Waals surface area contributed by atoms with E-state index in [0.29, 0.717) is 23.0 Å². The molecule has 21 heavy (non-hydrogen) atoms. The molecule has 112 valence electrons. The minimum Gasteiger partial charge on any atom is -0.504 e. The van der Waals surface area contributed by atoms with Crippen molar-refractivity contribution in [1.29, 1.82) is 0 Å². The normalized spacial score (nSPS) is 16.5. The van der Waals surface area contributed by atoms with Gasteiger partial charge in [-0.05, 0) is 30.2 Å². The Bertz CT molecular complexity index is 628. The molecule has 0 bridgehead atoms. The number of imide groups is 1. The van der Waals surface area contributed by atoms with Crippen LogP contribution in [0.2, 0.25) is 0 Å². The number of amides is 3. The Hall–Kier alpha value is -2.02. The largest absolute Gasteiger partial charge is 0.504 e. The van der Waals surface area contributed by atoms with E-state index in [1.54, 1.807) is 12.1 Å². The first-order valence-corrected chi connectivity index (χ1v) is 7.18. The SMILES string of the molecule is CCCN1C(=O)N/C(=C/c2cc(OC)c(O)cc2Br)C1=O. The van der Waals surface area contributed by atoms with Crippen LogP contribution in [-0.4, -0.2) is 35.6 Å². The molecule has 1 aromatic carbocycles. The van der Waals surface area contributed by atoms with Gasteiger partial charge in [0.1, 0.15) is 5.70 Å². The zero-order chi connectivity index (χ0) is 15.6. The predicted molar refractivity (Wildman–Crippen MR) is 80.9 cm³/mol. The van der Waals surface area contributed by atoms with E-state index >= 15 is 0 Å². The van der Waals surface area contributed by atoms with Crippen LogP contribution in [0.15, 0.2) is 22.3 Å². The van der Waals surface area contributed by atoms with Crippen molar-refractivity contribution < 1.29 is 19.4 Å². The fourth-order valence-electron chi connectivity index (χ4n) is 1.99. The molecule has 1 aromatic rings. The minimum absolute atomic E-state index is 0.0130. The number of urea groups is 1. The minimum atomic E-state index is -0.421. The van der Waals surface area contributed by atoms with Gasteiger partial charge in [-0.3, -0.25) is 9.69 Å². The lowest BCUT2D eigenvalue weighted by atomic mass is 10.1. The number of benzene rings is 1. The molecule has 0 radical (unpaired) electrons. The Kier molecular flexibility index (Phi) is 4.52. The van der Waals surface area contributed by atoms with E-state index in [9.17, 15) is 14.7 Å². The molecule has 1 heterocycles. The zero-order valence-corrected chi connectivity index (χ0v) is 13.2. The summed E-state index contributed by atoms with van der Waals surface area (Å²) in [7, 11) is 1.44. The van der Waals surface area contributed by atoms with Crippen molar-refractivity contribution in [2.75, 3.05) is 13.7 Å². The van der Waals surface area contributed by atoms with E-state index in [4.69, 9.17) is 4.74 Å². The maximum atomic E-state index is 12.1. The predicted octanol–water partition coefficient (Wildman–Crippen LogP) is 2.47. The van der Waals surface area contributed by atoms with Gasteiger partial charge in [0.15, 0.2) is 11.5 Å². The molecule has 6 nitrogen and oxygen atoms in total. The number of methoxy groups -OCH3 is 1. The first-order chi connectivity index (χ1) is 9.97. The highest BCUT2D eigenvalue weighted by molar-refractivity contribution is 9.10. The number of nitrogens with zero attached hydrogens (tertiary/aromatic N) is 1. The molecule has 0 spiro atoms. The number of carbonyl (C=O) groups excluding carboxylic acids is 2. The second-order valence-corrected chi connectivity index (χ2v) is 5.34. The number of ether oxygens (including phenoxy) is 1. The van der Waals surface area contributed by atoms with Gasteiger partial charge >= 0.3 is 6.03 Å². The average Bonchev–Trinajstić information content (AvgIpc) is 2.70. The average molecular weight is 355 g/mol. The van der Waals surface area contributed by atoms with Crippen molar-refractivity contribution >= 4 is 33.9 Å². The Morgan fingerprint density at radius 2 is 2.14 bits per heavy atom. The van der Waals surface area contributed by atoms with Crippen molar-refractivity contribution in [3.8, 4) is 11.5 Å². The molecule has 7 heteroatoms. The third-order valence-electron chi connectivity index (χ3n) is 3.01. The van der Waals surface area contributed by atoms with E-state index in [2.05, 4.69) is 21.2 Å². The first-order valence-electron chi connectivity index (χ1n) is 6.39. The molecule has 0 aromatic heterocycles. The van der Waals surface area contributed by atoms with Crippen LogP contribution in [0.25, 0.3) is 6.08 Å². The van der Waals surface area contributed by atoms with Crippen molar-refractivity contribution in [3.05, 3.63) is 27.9 Å². The lowest BCUT2D eigenvalue weighted by Crippen LogP contribution is -2.31. The molecular weight excluding hydrogens is 340 g/mol. The molecule has 0 atom stereocenters. The van der Waals surface area contributed by atoms with Gasteiger partial charge in [0.05, 0.1) is 7.11 Å². The summed E-state index contributed by atoms with van der Waals surface area (Å²) in [5.41, 5.74) is 0.813. The second-order valence-electron chi connectivity index (χ2n) is 4.49. The summed E-state index contributed by atoms with van der Waals surface area (Å²) in [5.74, 6) is -0.0889. The van der Waals surface area contributed by atoms with E-state index in [1.165, 1.54) is 13.2 Å². The van der Waals surface area contributed by atoms with E-state index in [1.807, 2.05) is 6.92 Å². The van der Waals surface area contributed by atoms with Gasteiger partial charge in [0, 0.05) is 11.0 Å². The Morgan fingerprint density at radius 3 is 2.76 bits per heavy atom. The number of rotatable bonds is 4. The Balaban J connectivity index is 2.37. The molecule has 1 saturated heterocycles. The molecule has 1 aliphatic heterocycles. The number of nitrogens with one attached hydrogen (secondary N) is 1. The summed E-state index contributed by atoms with van der Waals surface area (Å²) in [6, 6.07) is 2.62. The fraction of sp³-hybridized carbons (Fsp3) is 0.286. The number of halogens is 1. The summed E-state index contributed by atoms with van der Waals surface area (Å²) in [5, 5.41) is 12.2. The van der Waals surface area contributed by atoms with Gasteiger partial charge in [-0.15, -0.1) is 0 Å². The topological polar surface area (TPSA) is 78.9 Å². The summed E-state index contributed by atoms with van der Waals surface area (Å²) in [6.45, 7) is 2.27. The van der Waals surface area contributed by atoms with Gasteiger partial charge < -0.3 is 15.2 Å². The quantitative estimate of drug-likeness (QED) is 0.643. The molecule has 2 rings (SSSR count). The molecule has 3 amide bonds. The summed E-state index contributed by atoms with van der Waals surface area (Å²) in [6.07, 6.45) is 2.24. The van der Waals surface area contributed by atoms with Gasteiger partial charge in [-0.2, -0.15) is 0 Å². The number of hydrogen-bond acceptors (Lipinski definition) is 4. The van der Waals surface area contributed by atoms with Crippen LogP contribution in [-0.2, 0) is 4.79 Å². The first kappa shape index (κ1) is 15.4. The van der Waals surface area contributed by atoms with Crippen LogP contribution in [0.1, 0.15) is 18.9 Å². The molecule has 0 saturated carbocycles. The number of carbonyl (C=O) groups is 2. The van der Waals surface area contributed by atoms with E-state index < -0.39 is 6.03 Å².